The van der Waals surface area contributed by atoms with Crippen LogP contribution in [0.2, 0.25) is 0 Å². The zero-order valence-corrected chi connectivity index (χ0v) is 11.3. The number of hydrogen-bond acceptors (Lipinski definition) is 4. The van der Waals surface area contributed by atoms with Gasteiger partial charge in [0, 0.05) is 31.3 Å². The molecule has 4 nitrogen and oxygen atoms in total. The highest BCUT2D eigenvalue weighted by Crippen LogP contribution is 2.28. The van der Waals surface area contributed by atoms with Gasteiger partial charge in [0.05, 0.1) is 5.69 Å². The minimum Gasteiger partial charge on any atom is -0.488 e. The lowest BCUT2D eigenvalue weighted by Gasteiger charge is -2.11. The van der Waals surface area contributed by atoms with Gasteiger partial charge in [0.25, 0.3) is 0 Å². The monoisotopic (exact) mass is 273 g/mol. The molecule has 1 atom stereocenters. The number of rotatable bonds is 4. The lowest BCUT2D eigenvalue weighted by molar-refractivity contribution is 0.227. The Morgan fingerprint density at radius 2 is 2.30 bits per heavy atom. The molecule has 0 saturated heterocycles. The lowest BCUT2D eigenvalue weighted by Crippen LogP contribution is -2.30. The molecule has 20 heavy (non-hydrogen) atoms. The van der Waals surface area contributed by atoms with Crippen LogP contribution in [0.25, 0.3) is 0 Å². The molecule has 1 aromatic heterocycles. The minimum atomic E-state index is -0.211. The summed E-state index contributed by atoms with van der Waals surface area (Å²) in [6.45, 7) is 3.25. The van der Waals surface area contributed by atoms with Crippen molar-refractivity contribution >= 4 is 0 Å². The molecule has 1 N–H and O–H groups in total. The van der Waals surface area contributed by atoms with Gasteiger partial charge in [-0.25, -0.2) is 14.4 Å². The van der Waals surface area contributed by atoms with Crippen LogP contribution >= 0.6 is 0 Å². The topological polar surface area (TPSA) is 47.0 Å². The van der Waals surface area contributed by atoms with E-state index in [4.69, 9.17) is 4.74 Å². The van der Waals surface area contributed by atoms with Gasteiger partial charge in [-0.1, -0.05) is 0 Å². The Hall–Kier alpha value is -2.01. The predicted octanol–water partition coefficient (Wildman–Crippen LogP) is 2.02. The molecule has 0 bridgehead atoms. The number of nitrogens with zero attached hydrogens (tertiary/aromatic N) is 2. The van der Waals surface area contributed by atoms with Gasteiger partial charge in [0.15, 0.2) is 0 Å². The maximum atomic E-state index is 13.1. The first-order valence-electron chi connectivity index (χ1n) is 6.65. The SMILES string of the molecule is Cc1nccc(CNCC2Cc3cc(F)ccc3O2)n1. The summed E-state index contributed by atoms with van der Waals surface area (Å²) in [4.78, 5) is 8.39. The number of halogens is 1. The third kappa shape index (κ3) is 2.93. The van der Waals surface area contributed by atoms with Crippen molar-refractivity contribution in [1.82, 2.24) is 15.3 Å². The Balaban J connectivity index is 1.51. The van der Waals surface area contributed by atoms with Crippen molar-refractivity contribution in [3.05, 3.63) is 53.4 Å². The normalized spacial score (nSPS) is 16.8. The Morgan fingerprint density at radius 1 is 1.40 bits per heavy atom. The molecule has 0 fully saturated rings. The molecule has 5 heteroatoms. The average molecular weight is 273 g/mol. The Morgan fingerprint density at radius 3 is 3.15 bits per heavy atom. The van der Waals surface area contributed by atoms with Crippen LogP contribution in [0, 0.1) is 12.7 Å². The van der Waals surface area contributed by atoms with Crippen LogP contribution in [0.4, 0.5) is 4.39 Å². The first-order chi connectivity index (χ1) is 9.70. The van der Waals surface area contributed by atoms with Crippen LogP contribution < -0.4 is 10.1 Å². The van der Waals surface area contributed by atoms with Crippen LogP contribution in [-0.4, -0.2) is 22.6 Å². The second kappa shape index (κ2) is 5.54. The summed E-state index contributed by atoms with van der Waals surface area (Å²) in [7, 11) is 0. The maximum Gasteiger partial charge on any atom is 0.125 e. The van der Waals surface area contributed by atoms with Gasteiger partial charge >= 0.3 is 0 Å². The van der Waals surface area contributed by atoms with Gasteiger partial charge in [-0.3, -0.25) is 0 Å². The maximum absolute atomic E-state index is 13.1. The fourth-order valence-corrected chi connectivity index (χ4v) is 2.37. The Labute approximate surface area is 117 Å². The highest BCUT2D eigenvalue weighted by atomic mass is 19.1. The summed E-state index contributed by atoms with van der Waals surface area (Å²) in [6, 6.07) is 6.56. The fraction of sp³-hybridized carbons (Fsp3) is 0.333. The van der Waals surface area contributed by atoms with Crippen LogP contribution in [0.15, 0.2) is 30.5 Å². The first-order valence-corrected chi connectivity index (χ1v) is 6.65. The molecule has 1 aliphatic heterocycles. The molecule has 1 aliphatic rings. The van der Waals surface area contributed by atoms with E-state index in [0.717, 1.165) is 29.3 Å². The third-order valence-electron chi connectivity index (χ3n) is 3.28. The minimum absolute atomic E-state index is 0.0507. The molecule has 104 valence electrons. The van der Waals surface area contributed by atoms with E-state index in [1.807, 2.05) is 13.0 Å². The van der Waals surface area contributed by atoms with Crippen molar-refractivity contribution in [2.45, 2.75) is 26.0 Å². The van der Waals surface area contributed by atoms with E-state index in [1.54, 1.807) is 18.3 Å². The zero-order valence-electron chi connectivity index (χ0n) is 11.3. The highest BCUT2D eigenvalue weighted by Gasteiger charge is 2.22. The van der Waals surface area contributed by atoms with Gasteiger partial charge < -0.3 is 10.1 Å². The molecule has 1 aromatic carbocycles. The number of hydrogen-bond donors (Lipinski definition) is 1. The molecular weight excluding hydrogens is 257 g/mol. The van der Waals surface area contributed by atoms with Gasteiger partial charge in [-0.15, -0.1) is 0 Å². The molecule has 0 radical (unpaired) electrons. The molecule has 0 saturated carbocycles. The third-order valence-corrected chi connectivity index (χ3v) is 3.28. The van der Waals surface area contributed by atoms with Crippen LogP contribution in [0.5, 0.6) is 5.75 Å². The summed E-state index contributed by atoms with van der Waals surface area (Å²) in [5.41, 5.74) is 1.90. The van der Waals surface area contributed by atoms with E-state index >= 15 is 0 Å². The second-order valence-corrected chi connectivity index (χ2v) is 4.92. The van der Waals surface area contributed by atoms with Crippen LogP contribution in [0.1, 0.15) is 17.1 Å². The van der Waals surface area contributed by atoms with E-state index < -0.39 is 0 Å². The molecule has 0 aliphatic carbocycles. The second-order valence-electron chi connectivity index (χ2n) is 4.92. The molecule has 3 rings (SSSR count). The summed E-state index contributed by atoms with van der Waals surface area (Å²) in [5, 5.41) is 3.31. The number of ether oxygens (including phenoxy) is 1. The van der Waals surface area contributed by atoms with Crippen molar-refractivity contribution in [3.63, 3.8) is 0 Å². The van der Waals surface area contributed by atoms with Crippen molar-refractivity contribution in [2.24, 2.45) is 0 Å². The van der Waals surface area contributed by atoms with E-state index in [9.17, 15) is 4.39 Å². The van der Waals surface area contributed by atoms with Gasteiger partial charge in [-0.05, 0) is 31.2 Å². The summed E-state index contributed by atoms with van der Waals surface area (Å²) in [6.07, 6.45) is 2.54. The zero-order chi connectivity index (χ0) is 13.9. The Kier molecular flexibility index (Phi) is 3.60. The standard InChI is InChI=1S/C15H16FN3O/c1-10-18-5-4-13(19-10)8-17-9-14-7-11-6-12(16)2-3-15(11)20-14/h2-6,14,17H,7-9H2,1H3. The smallest absolute Gasteiger partial charge is 0.125 e. The van der Waals surface area contributed by atoms with Crippen LogP contribution in [0.3, 0.4) is 0 Å². The molecule has 2 heterocycles. The number of nitrogens with one attached hydrogen (secondary N) is 1. The highest BCUT2D eigenvalue weighted by molar-refractivity contribution is 5.37. The number of aromatic nitrogens is 2. The van der Waals surface area contributed by atoms with Crippen molar-refractivity contribution < 1.29 is 9.13 Å². The summed E-state index contributed by atoms with van der Waals surface area (Å²) < 4.78 is 18.9. The largest absolute Gasteiger partial charge is 0.488 e. The molecule has 1 unspecified atom stereocenters. The molecule has 2 aromatic rings. The lowest BCUT2D eigenvalue weighted by atomic mass is 10.1. The number of fused-ring (bicyclic) bond motifs is 1. The number of aryl methyl sites for hydroxylation is 1. The Bertz CT molecular complexity index is 618. The van der Waals surface area contributed by atoms with Crippen molar-refractivity contribution in [3.8, 4) is 5.75 Å². The fourth-order valence-electron chi connectivity index (χ4n) is 2.37. The van der Waals surface area contributed by atoms with E-state index in [1.165, 1.54) is 6.07 Å². The van der Waals surface area contributed by atoms with Crippen LogP contribution in [-0.2, 0) is 13.0 Å². The van der Waals surface area contributed by atoms with Gasteiger partial charge in [-0.2, -0.15) is 0 Å². The van der Waals surface area contributed by atoms with Crippen molar-refractivity contribution in [1.29, 1.82) is 0 Å². The molecule has 0 spiro atoms. The summed E-state index contributed by atoms with van der Waals surface area (Å²) in [5.74, 6) is 1.35. The summed E-state index contributed by atoms with van der Waals surface area (Å²) >= 11 is 0. The van der Waals surface area contributed by atoms with Gasteiger partial charge in [0.2, 0.25) is 0 Å². The predicted molar refractivity (Wildman–Crippen MR) is 73.0 cm³/mol. The first kappa shape index (κ1) is 13.0. The number of benzene rings is 1. The van der Waals surface area contributed by atoms with E-state index in [2.05, 4.69) is 15.3 Å². The molecule has 0 amide bonds. The molecular formula is C15H16FN3O. The van der Waals surface area contributed by atoms with E-state index in [-0.39, 0.29) is 11.9 Å². The quantitative estimate of drug-likeness (QED) is 0.925. The average Bonchev–Trinajstić information content (AvgIpc) is 2.80. The van der Waals surface area contributed by atoms with E-state index in [0.29, 0.717) is 13.1 Å². The van der Waals surface area contributed by atoms with Crippen molar-refractivity contribution in [2.75, 3.05) is 6.54 Å². The van der Waals surface area contributed by atoms with Gasteiger partial charge in [0.1, 0.15) is 23.5 Å².